The molecule has 1 heterocycles. The molecule has 3 rings (SSSR count). The standard InChI is InChI=1S/C21H27NO2/c1-17(22-13-7-11-20(23)15-22)16-24-21-12-6-5-10-19(21)14-18-8-3-2-4-9-18/h2-6,8-10,12,17,20,23H,7,11,13-16H2,1H3. The van der Waals surface area contributed by atoms with Crippen molar-refractivity contribution in [1.82, 2.24) is 4.90 Å². The van der Waals surface area contributed by atoms with Crippen LogP contribution in [0.3, 0.4) is 0 Å². The van der Waals surface area contributed by atoms with Crippen molar-refractivity contribution in [2.75, 3.05) is 19.7 Å². The van der Waals surface area contributed by atoms with E-state index in [1.807, 2.05) is 12.1 Å². The Hall–Kier alpha value is -1.84. The molecule has 3 nitrogen and oxygen atoms in total. The number of rotatable bonds is 6. The number of hydrogen-bond acceptors (Lipinski definition) is 3. The molecule has 1 N–H and O–H groups in total. The average Bonchev–Trinajstić information content (AvgIpc) is 2.61. The third kappa shape index (κ3) is 4.59. The molecule has 1 aliphatic rings. The normalized spacial score (nSPS) is 19.8. The van der Waals surface area contributed by atoms with Gasteiger partial charge in [-0.15, -0.1) is 0 Å². The number of aliphatic hydroxyl groups is 1. The summed E-state index contributed by atoms with van der Waals surface area (Å²) in [6.07, 6.45) is 2.68. The Bertz CT molecular complexity index is 629. The maximum atomic E-state index is 9.84. The molecule has 3 heteroatoms. The Morgan fingerprint density at radius 1 is 1.12 bits per heavy atom. The van der Waals surface area contributed by atoms with Gasteiger partial charge in [-0.3, -0.25) is 4.90 Å². The van der Waals surface area contributed by atoms with Crippen LogP contribution in [0.15, 0.2) is 54.6 Å². The van der Waals surface area contributed by atoms with E-state index in [4.69, 9.17) is 4.74 Å². The lowest BCUT2D eigenvalue weighted by atomic mass is 10.0. The molecule has 0 bridgehead atoms. The van der Waals surface area contributed by atoms with E-state index in [-0.39, 0.29) is 6.10 Å². The monoisotopic (exact) mass is 325 g/mol. The van der Waals surface area contributed by atoms with E-state index in [9.17, 15) is 5.11 Å². The second-order valence-corrected chi connectivity index (χ2v) is 6.72. The molecular weight excluding hydrogens is 298 g/mol. The number of ether oxygens (including phenoxy) is 1. The minimum Gasteiger partial charge on any atom is -0.492 e. The summed E-state index contributed by atoms with van der Waals surface area (Å²) in [7, 11) is 0. The van der Waals surface area contributed by atoms with Crippen molar-refractivity contribution >= 4 is 0 Å². The Balaban J connectivity index is 1.61. The largest absolute Gasteiger partial charge is 0.492 e. The minimum absolute atomic E-state index is 0.188. The third-order valence-electron chi connectivity index (χ3n) is 4.74. The number of piperidine rings is 1. The van der Waals surface area contributed by atoms with Gasteiger partial charge in [0.25, 0.3) is 0 Å². The third-order valence-corrected chi connectivity index (χ3v) is 4.74. The van der Waals surface area contributed by atoms with Crippen LogP contribution in [0.2, 0.25) is 0 Å². The average molecular weight is 325 g/mol. The molecule has 24 heavy (non-hydrogen) atoms. The maximum absolute atomic E-state index is 9.84. The SMILES string of the molecule is CC(COc1ccccc1Cc1ccccc1)N1CCCC(O)C1. The van der Waals surface area contributed by atoms with Crippen molar-refractivity contribution in [3.63, 3.8) is 0 Å². The van der Waals surface area contributed by atoms with Gasteiger partial charge in [-0.2, -0.15) is 0 Å². The van der Waals surface area contributed by atoms with Gasteiger partial charge in [-0.05, 0) is 43.5 Å². The lowest BCUT2D eigenvalue weighted by molar-refractivity contribution is 0.0376. The van der Waals surface area contributed by atoms with E-state index in [1.54, 1.807) is 0 Å². The highest BCUT2D eigenvalue weighted by Crippen LogP contribution is 2.22. The van der Waals surface area contributed by atoms with E-state index in [2.05, 4.69) is 54.3 Å². The fourth-order valence-corrected chi connectivity index (χ4v) is 3.31. The zero-order valence-corrected chi connectivity index (χ0v) is 14.4. The summed E-state index contributed by atoms with van der Waals surface area (Å²) in [5.41, 5.74) is 2.51. The number of nitrogens with zero attached hydrogens (tertiary/aromatic N) is 1. The fourth-order valence-electron chi connectivity index (χ4n) is 3.31. The van der Waals surface area contributed by atoms with Gasteiger partial charge in [0, 0.05) is 19.0 Å². The lowest BCUT2D eigenvalue weighted by Gasteiger charge is -2.34. The van der Waals surface area contributed by atoms with Crippen molar-refractivity contribution in [1.29, 1.82) is 0 Å². The quantitative estimate of drug-likeness (QED) is 0.882. The Morgan fingerprint density at radius 3 is 2.67 bits per heavy atom. The molecule has 0 aromatic heterocycles. The number of para-hydroxylation sites is 1. The van der Waals surface area contributed by atoms with Gasteiger partial charge >= 0.3 is 0 Å². The number of hydrogen-bond donors (Lipinski definition) is 1. The van der Waals surface area contributed by atoms with E-state index in [0.29, 0.717) is 12.6 Å². The highest BCUT2D eigenvalue weighted by atomic mass is 16.5. The van der Waals surface area contributed by atoms with Crippen LogP contribution in [0.25, 0.3) is 0 Å². The first-order valence-electron chi connectivity index (χ1n) is 8.89. The van der Waals surface area contributed by atoms with Crippen LogP contribution in [-0.2, 0) is 6.42 Å². The number of benzene rings is 2. The first kappa shape index (κ1) is 17.0. The van der Waals surface area contributed by atoms with Gasteiger partial charge in [0.2, 0.25) is 0 Å². The predicted molar refractivity (Wildman–Crippen MR) is 97.5 cm³/mol. The van der Waals surface area contributed by atoms with Gasteiger partial charge < -0.3 is 9.84 Å². The number of aliphatic hydroxyl groups excluding tert-OH is 1. The summed E-state index contributed by atoms with van der Waals surface area (Å²) in [5.74, 6) is 0.964. The molecular formula is C21H27NO2. The minimum atomic E-state index is -0.188. The van der Waals surface area contributed by atoms with E-state index >= 15 is 0 Å². The topological polar surface area (TPSA) is 32.7 Å². The van der Waals surface area contributed by atoms with Crippen LogP contribution in [0.1, 0.15) is 30.9 Å². The van der Waals surface area contributed by atoms with Crippen LogP contribution in [-0.4, -0.2) is 41.8 Å². The van der Waals surface area contributed by atoms with Gasteiger partial charge in [-0.25, -0.2) is 0 Å². The molecule has 2 aromatic carbocycles. The predicted octanol–water partition coefficient (Wildman–Crippen LogP) is 3.50. The molecule has 0 radical (unpaired) electrons. The molecule has 0 amide bonds. The van der Waals surface area contributed by atoms with Crippen molar-refractivity contribution in [3.8, 4) is 5.75 Å². The van der Waals surface area contributed by atoms with Crippen LogP contribution >= 0.6 is 0 Å². The maximum Gasteiger partial charge on any atom is 0.122 e. The smallest absolute Gasteiger partial charge is 0.122 e. The van der Waals surface area contributed by atoms with Crippen LogP contribution in [0, 0.1) is 0 Å². The molecule has 0 saturated carbocycles. The number of β-amino-alcohol motifs (C(OH)–C–C–N with tert-alkyl or cyclic N) is 1. The molecule has 1 aliphatic heterocycles. The number of likely N-dealkylation sites (tertiary alicyclic amines) is 1. The molecule has 1 fully saturated rings. The first-order chi connectivity index (χ1) is 11.7. The zero-order chi connectivity index (χ0) is 16.8. The molecule has 2 aromatic rings. The lowest BCUT2D eigenvalue weighted by Crippen LogP contribution is -2.45. The molecule has 128 valence electrons. The Kier molecular flexibility index (Phi) is 5.89. The zero-order valence-electron chi connectivity index (χ0n) is 14.4. The van der Waals surface area contributed by atoms with Crippen LogP contribution < -0.4 is 4.74 Å². The van der Waals surface area contributed by atoms with Crippen LogP contribution in [0.5, 0.6) is 5.75 Å². The van der Waals surface area contributed by atoms with E-state index in [0.717, 1.165) is 38.1 Å². The van der Waals surface area contributed by atoms with E-state index in [1.165, 1.54) is 11.1 Å². The van der Waals surface area contributed by atoms with Crippen LogP contribution in [0.4, 0.5) is 0 Å². The summed E-state index contributed by atoms with van der Waals surface area (Å²) in [6.45, 7) is 4.64. The summed E-state index contributed by atoms with van der Waals surface area (Å²) < 4.78 is 6.14. The van der Waals surface area contributed by atoms with Crippen molar-refractivity contribution in [2.45, 2.75) is 38.3 Å². The fraction of sp³-hybridized carbons (Fsp3) is 0.429. The summed E-state index contributed by atoms with van der Waals surface area (Å²) in [6, 6.07) is 19.1. The summed E-state index contributed by atoms with van der Waals surface area (Å²) in [5, 5.41) is 9.84. The highest BCUT2D eigenvalue weighted by molar-refractivity contribution is 5.37. The van der Waals surface area contributed by atoms with Gasteiger partial charge in [0.1, 0.15) is 12.4 Å². The second kappa shape index (κ2) is 8.32. The first-order valence-corrected chi connectivity index (χ1v) is 8.89. The van der Waals surface area contributed by atoms with Crippen molar-refractivity contribution in [2.24, 2.45) is 0 Å². The highest BCUT2D eigenvalue weighted by Gasteiger charge is 2.22. The Labute approximate surface area is 144 Å². The van der Waals surface area contributed by atoms with Crippen molar-refractivity contribution < 1.29 is 9.84 Å². The molecule has 2 atom stereocenters. The van der Waals surface area contributed by atoms with Gasteiger partial charge in [0.15, 0.2) is 0 Å². The Morgan fingerprint density at radius 2 is 1.88 bits per heavy atom. The van der Waals surface area contributed by atoms with Gasteiger partial charge in [0.05, 0.1) is 6.10 Å². The summed E-state index contributed by atoms with van der Waals surface area (Å²) >= 11 is 0. The van der Waals surface area contributed by atoms with Gasteiger partial charge in [-0.1, -0.05) is 48.5 Å². The van der Waals surface area contributed by atoms with Crippen molar-refractivity contribution in [3.05, 3.63) is 65.7 Å². The molecule has 0 spiro atoms. The molecule has 0 aliphatic carbocycles. The van der Waals surface area contributed by atoms with E-state index < -0.39 is 0 Å². The summed E-state index contributed by atoms with van der Waals surface area (Å²) in [4.78, 5) is 2.33. The molecule has 2 unspecified atom stereocenters. The molecule has 1 saturated heterocycles. The second-order valence-electron chi connectivity index (χ2n) is 6.72.